The molecule has 1 aliphatic carbocycles. The quantitative estimate of drug-likeness (QED) is 0.769. The third-order valence-electron chi connectivity index (χ3n) is 3.58. The van der Waals surface area contributed by atoms with Crippen LogP contribution in [0.15, 0.2) is 40.0 Å². The minimum atomic E-state index is 0.931. The summed E-state index contributed by atoms with van der Waals surface area (Å²) in [6.45, 7) is 3.10. The molecule has 17 heavy (non-hydrogen) atoms. The summed E-state index contributed by atoms with van der Waals surface area (Å²) in [6, 6.07) is 6.85. The number of benzene rings is 1. The van der Waals surface area contributed by atoms with Crippen molar-refractivity contribution in [3.63, 3.8) is 0 Å². The van der Waals surface area contributed by atoms with Crippen LogP contribution in [-0.4, -0.2) is 6.54 Å². The van der Waals surface area contributed by atoms with Gasteiger partial charge < -0.3 is 5.32 Å². The topological polar surface area (TPSA) is 12.0 Å². The van der Waals surface area contributed by atoms with Gasteiger partial charge in [-0.1, -0.05) is 39.7 Å². The van der Waals surface area contributed by atoms with Crippen molar-refractivity contribution >= 4 is 15.9 Å². The average Bonchev–Trinajstić information content (AvgIpc) is 2.48. The lowest BCUT2D eigenvalue weighted by molar-refractivity contribution is 0.814. The van der Waals surface area contributed by atoms with Crippen molar-refractivity contribution in [2.24, 2.45) is 0 Å². The van der Waals surface area contributed by atoms with E-state index in [1.54, 1.807) is 0 Å². The number of hydrogen-bond donors (Lipinski definition) is 1. The van der Waals surface area contributed by atoms with Gasteiger partial charge in [-0.05, 0) is 42.5 Å². The predicted octanol–water partition coefficient (Wildman–Crippen LogP) is 3.62. The van der Waals surface area contributed by atoms with Gasteiger partial charge in [0.2, 0.25) is 0 Å². The Bertz CT molecular complexity index is 526. The summed E-state index contributed by atoms with van der Waals surface area (Å²) >= 11 is 3.59. The normalized spacial score (nSPS) is 18.8. The first-order chi connectivity index (χ1) is 8.22. The van der Waals surface area contributed by atoms with E-state index in [-0.39, 0.29) is 0 Å². The fourth-order valence-electron chi connectivity index (χ4n) is 2.65. The molecule has 0 amide bonds. The third kappa shape index (κ3) is 2.19. The molecule has 1 N–H and O–H groups in total. The molecule has 1 heterocycles. The summed E-state index contributed by atoms with van der Waals surface area (Å²) in [7, 11) is 0. The molecule has 0 saturated heterocycles. The van der Waals surface area contributed by atoms with Crippen molar-refractivity contribution in [3.05, 3.63) is 56.7 Å². The molecule has 0 unspecified atom stereocenters. The Labute approximate surface area is 111 Å². The Morgan fingerprint density at radius 1 is 1.18 bits per heavy atom. The second-order valence-electron chi connectivity index (χ2n) is 4.90. The first-order valence-corrected chi connectivity index (χ1v) is 6.92. The van der Waals surface area contributed by atoms with Gasteiger partial charge in [-0.3, -0.25) is 0 Å². The highest BCUT2D eigenvalue weighted by Crippen LogP contribution is 2.29. The van der Waals surface area contributed by atoms with Gasteiger partial charge in [0, 0.05) is 23.1 Å². The molecular weight excluding hydrogens is 274 g/mol. The van der Waals surface area contributed by atoms with E-state index in [1.165, 1.54) is 32.4 Å². The molecule has 1 aromatic carbocycles. The number of fused-ring (bicyclic) bond motifs is 1. The molecule has 1 aromatic rings. The number of nitrogens with one attached hydrogen (secondary N) is 1. The molecule has 0 radical (unpaired) electrons. The molecule has 88 valence electrons. The van der Waals surface area contributed by atoms with Crippen molar-refractivity contribution < 1.29 is 0 Å². The Hall–Kier alpha value is -1.02. The molecule has 1 aliphatic heterocycles. The first-order valence-electron chi connectivity index (χ1n) is 6.13. The molecular formula is C15H16BrN. The molecule has 0 aromatic heterocycles. The molecule has 3 rings (SSSR count). The van der Waals surface area contributed by atoms with Crippen LogP contribution in [0.5, 0.6) is 0 Å². The lowest BCUT2D eigenvalue weighted by Crippen LogP contribution is -2.21. The van der Waals surface area contributed by atoms with Crippen LogP contribution in [-0.2, 0) is 12.8 Å². The van der Waals surface area contributed by atoms with Crippen molar-refractivity contribution in [2.45, 2.75) is 26.2 Å². The van der Waals surface area contributed by atoms with Gasteiger partial charge in [-0.15, -0.1) is 0 Å². The van der Waals surface area contributed by atoms with Gasteiger partial charge in [0.1, 0.15) is 0 Å². The lowest BCUT2D eigenvalue weighted by Gasteiger charge is -2.18. The van der Waals surface area contributed by atoms with Crippen LogP contribution in [0, 0.1) is 6.92 Å². The van der Waals surface area contributed by atoms with E-state index in [4.69, 9.17) is 0 Å². The van der Waals surface area contributed by atoms with Crippen molar-refractivity contribution in [1.29, 1.82) is 0 Å². The number of halogens is 1. The fourth-order valence-corrected chi connectivity index (χ4v) is 3.07. The first kappa shape index (κ1) is 11.1. The highest BCUT2D eigenvalue weighted by atomic mass is 79.9. The van der Waals surface area contributed by atoms with Gasteiger partial charge in [0.05, 0.1) is 0 Å². The zero-order valence-electron chi connectivity index (χ0n) is 10.0. The van der Waals surface area contributed by atoms with Crippen molar-refractivity contribution in [2.75, 3.05) is 6.54 Å². The Kier molecular flexibility index (Phi) is 2.83. The summed E-state index contributed by atoms with van der Waals surface area (Å²) in [6.07, 6.45) is 5.66. The van der Waals surface area contributed by atoms with Crippen molar-refractivity contribution in [1.82, 2.24) is 5.32 Å². The summed E-state index contributed by atoms with van der Waals surface area (Å²) in [5.41, 5.74) is 7.26. The molecule has 0 bridgehead atoms. The van der Waals surface area contributed by atoms with E-state index in [9.17, 15) is 0 Å². The van der Waals surface area contributed by atoms with Crippen LogP contribution >= 0.6 is 15.9 Å². The minimum Gasteiger partial charge on any atom is -0.383 e. The van der Waals surface area contributed by atoms with Crippen LogP contribution in [0.4, 0.5) is 0 Å². The number of dihydropyridines is 1. The standard InChI is InChI=1S/C15H16BrN/c1-10-2-3-12-8-15-13(5-4-11(12)6-10)7-14(16)9-17-15/h2-3,6-7,17H,4-5,8-9H2,1H3. The third-order valence-corrected chi connectivity index (χ3v) is 4.09. The second kappa shape index (κ2) is 4.34. The highest BCUT2D eigenvalue weighted by Gasteiger charge is 2.17. The van der Waals surface area contributed by atoms with Gasteiger partial charge in [0.15, 0.2) is 0 Å². The molecule has 2 aliphatic rings. The zero-order valence-corrected chi connectivity index (χ0v) is 11.6. The monoisotopic (exact) mass is 289 g/mol. The van der Waals surface area contributed by atoms with Crippen LogP contribution in [0.3, 0.4) is 0 Å². The van der Waals surface area contributed by atoms with E-state index in [0.717, 1.165) is 25.8 Å². The largest absolute Gasteiger partial charge is 0.383 e. The van der Waals surface area contributed by atoms with Gasteiger partial charge >= 0.3 is 0 Å². The SMILES string of the molecule is Cc1ccc2c(c1)CCC1=C(C2)NCC(Br)=C1. The number of rotatable bonds is 0. The predicted molar refractivity (Wildman–Crippen MR) is 75.2 cm³/mol. The van der Waals surface area contributed by atoms with E-state index in [2.05, 4.69) is 52.4 Å². The summed E-state index contributed by atoms with van der Waals surface area (Å²) in [5.74, 6) is 0. The maximum Gasteiger partial charge on any atom is 0.0463 e. The van der Waals surface area contributed by atoms with E-state index in [0.29, 0.717) is 0 Å². The van der Waals surface area contributed by atoms with Crippen LogP contribution in [0.2, 0.25) is 0 Å². The maximum atomic E-state index is 3.59. The minimum absolute atomic E-state index is 0.931. The molecule has 0 fully saturated rings. The van der Waals surface area contributed by atoms with Gasteiger partial charge in [0.25, 0.3) is 0 Å². The summed E-state index contributed by atoms with van der Waals surface area (Å²) in [5, 5.41) is 3.53. The number of allylic oxidation sites excluding steroid dienone is 3. The van der Waals surface area contributed by atoms with E-state index >= 15 is 0 Å². The molecule has 2 heteroatoms. The second-order valence-corrected chi connectivity index (χ2v) is 5.92. The Balaban J connectivity index is 1.99. The molecule has 0 atom stereocenters. The fraction of sp³-hybridized carbons (Fsp3) is 0.333. The highest BCUT2D eigenvalue weighted by molar-refractivity contribution is 9.11. The number of aryl methyl sites for hydroxylation is 2. The van der Waals surface area contributed by atoms with E-state index in [1.807, 2.05) is 0 Å². The van der Waals surface area contributed by atoms with Crippen LogP contribution in [0.1, 0.15) is 23.1 Å². The van der Waals surface area contributed by atoms with E-state index < -0.39 is 0 Å². The van der Waals surface area contributed by atoms with Gasteiger partial charge in [-0.2, -0.15) is 0 Å². The summed E-state index contributed by atoms with van der Waals surface area (Å²) < 4.78 is 1.26. The van der Waals surface area contributed by atoms with Crippen molar-refractivity contribution in [3.8, 4) is 0 Å². The maximum absolute atomic E-state index is 3.59. The lowest BCUT2D eigenvalue weighted by atomic mass is 10.00. The Morgan fingerprint density at radius 2 is 2.06 bits per heavy atom. The Morgan fingerprint density at radius 3 is 2.94 bits per heavy atom. The smallest absolute Gasteiger partial charge is 0.0463 e. The molecule has 0 spiro atoms. The summed E-state index contributed by atoms with van der Waals surface area (Å²) in [4.78, 5) is 0. The van der Waals surface area contributed by atoms with Gasteiger partial charge in [-0.25, -0.2) is 0 Å². The molecule has 1 nitrogen and oxygen atoms in total. The average molecular weight is 290 g/mol. The zero-order chi connectivity index (χ0) is 11.8. The number of hydrogen-bond acceptors (Lipinski definition) is 1. The van der Waals surface area contributed by atoms with Crippen LogP contribution in [0.25, 0.3) is 0 Å². The van der Waals surface area contributed by atoms with Crippen LogP contribution < -0.4 is 5.32 Å². The molecule has 0 saturated carbocycles.